The van der Waals surface area contributed by atoms with E-state index >= 15 is 0 Å². The number of hydrogen-bond acceptors (Lipinski definition) is 7. The third-order valence-electron chi connectivity index (χ3n) is 5.16. The van der Waals surface area contributed by atoms with Crippen LogP contribution in [0.2, 0.25) is 0 Å². The minimum Gasteiger partial charge on any atom is -0.466 e. The largest absolute Gasteiger partial charge is 0.466 e. The van der Waals surface area contributed by atoms with Gasteiger partial charge in [0.25, 0.3) is 10.9 Å². The van der Waals surface area contributed by atoms with Crippen LogP contribution < -0.4 is 21.1 Å². The quantitative estimate of drug-likeness (QED) is 0.379. The van der Waals surface area contributed by atoms with Crippen LogP contribution in [0.1, 0.15) is 40.0 Å². The zero-order chi connectivity index (χ0) is 19.1. The fourth-order valence-electron chi connectivity index (χ4n) is 3.50. The fraction of sp³-hybridized carbons (Fsp3) is 0.737. The van der Waals surface area contributed by atoms with Crippen LogP contribution in [-0.2, 0) is 9.53 Å². The highest BCUT2D eigenvalue weighted by Crippen LogP contribution is 2.26. The lowest BCUT2D eigenvalue weighted by Gasteiger charge is -2.34. The minimum absolute atomic E-state index is 0.108. The summed E-state index contributed by atoms with van der Waals surface area (Å²) in [4.78, 5) is 40.1. The van der Waals surface area contributed by atoms with Crippen LogP contribution in [0.5, 0.6) is 0 Å². The van der Waals surface area contributed by atoms with Gasteiger partial charge in [-0.25, -0.2) is 0 Å². The third-order valence-corrected chi connectivity index (χ3v) is 5.16. The van der Waals surface area contributed by atoms with E-state index in [0.29, 0.717) is 50.5 Å². The Labute approximate surface area is 155 Å². The number of piperidine rings is 1. The van der Waals surface area contributed by atoms with Gasteiger partial charge in [-0.15, -0.1) is 0 Å². The van der Waals surface area contributed by atoms with Crippen LogP contribution >= 0.6 is 0 Å². The summed E-state index contributed by atoms with van der Waals surface area (Å²) in [7, 11) is 0. The molecule has 2 rings (SSSR count). The molecule has 1 aromatic carbocycles. The second-order valence-electron chi connectivity index (χ2n) is 6.70. The summed E-state index contributed by atoms with van der Waals surface area (Å²) in [6.45, 7) is 11.3. The van der Waals surface area contributed by atoms with Crippen molar-refractivity contribution in [1.82, 2.24) is 4.90 Å². The Balaban J connectivity index is 1.88. The lowest BCUT2D eigenvalue weighted by molar-refractivity contribution is -0.148. The molecule has 0 atom stereocenters. The van der Waals surface area contributed by atoms with Crippen LogP contribution in [0.3, 0.4) is 0 Å². The molecule has 26 heavy (non-hydrogen) atoms. The smallest absolute Gasteiger partial charge is 0.309 e. The average Bonchev–Trinajstić information content (AvgIpc) is 2.67. The van der Waals surface area contributed by atoms with Crippen LogP contribution in [0.4, 0.5) is 11.4 Å². The summed E-state index contributed by atoms with van der Waals surface area (Å²) in [6.07, 6.45) is 2.23. The van der Waals surface area contributed by atoms with Gasteiger partial charge in [-0.2, -0.15) is 0 Å². The second kappa shape index (κ2) is 9.71. The van der Waals surface area contributed by atoms with Crippen molar-refractivity contribution < 1.29 is 9.53 Å². The first-order valence-corrected chi connectivity index (χ1v) is 9.74. The van der Waals surface area contributed by atoms with Crippen molar-refractivity contribution in [3.05, 3.63) is 20.4 Å². The van der Waals surface area contributed by atoms with Gasteiger partial charge in [0, 0.05) is 19.6 Å². The number of esters is 1. The molecule has 7 heteroatoms. The fourth-order valence-corrected chi connectivity index (χ4v) is 3.50. The Morgan fingerprint density at radius 2 is 1.81 bits per heavy atom. The van der Waals surface area contributed by atoms with Crippen LogP contribution in [0, 0.1) is 5.92 Å². The Hall–Kier alpha value is -1.89. The lowest BCUT2D eigenvalue weighted by Crippen LogP contribution is -2.46. The van der Waals surface area contributed by atoms with Crippen LogP contribution in [0.15, 0.2) is 9.59 Å². The molecule has 146 valence electrons. The number of nitrogens with zero attached hydrogens (tertiary/aromatic N) is 2. The Bertz CT molecular complexity index is 654. The topological polar surface area (TPSA) is 79.0 Å². The highest BCUT2D eigenvalue weighted by molar-refractivity contribution is 5.76. The van der Waals surface area contributed by atoms with Crippen LogP contribution in [0.25, 0.3) is 0 Å². The molecule has 1 N–H and O–H groups in total. The number of ether oxygens (including phenoxy) is 1. The van der Waals surface area contributed by atoms with E-state index in [1.807, 2.05) is 4.90 Å². The summed E-state index contributed by atoms with van der Waals surface area (Å²) in [5.74, 6) is -0.268. The highest BCUT2D eigenvalue weighted by Gasteiger charge is 2.31. The van der Waals surface area contributed by atoms with Crippen molar-refractivity contribution in [1.29, 1.82) is 0 Å². The van der Waals surface area contributed by atoms with E-state index in [1.165, 1.54) is 0 Å². The summed E-state index contributed by atoms with van der Waals surface area (Å²) < 4.78 is 5.07. The standard InChI is InChI=1S/C19H31N3O4/c1-4-21(5-2)11-7-10-20-15-16(18(24)17(15)23)22-12-8-14(9-13-22)19(25)26-6-3/h14,20H,4-13H2,1-3H3. The molecule has 7 nitrogen and oxygen atoms in total. The molecule has 0 radical (unpaired) electrons. The number of rotatable bonds is 10. The molecule has 1 fully saturated rings. The van der Waals surface area contributed by atoms with Gasteiger partial charge in [0.15, 0.2) is 0 Å². The number of hydrogen-bond donors (Lipinski definition) is 1. The van der Waals surface area contributed by atoms with E-state index in [4.69, 9.17) is 4.74 Å². The highest BCUT2D eigenvalue weighted by atomic mass is 16.5. The molecular weight excluding hydrogens is 334 g/mol. The second-order valence-corrected chi connectivity index (χ2v) is 6.70. The molecule has 0 aromatic heterocycles. The van der Waals surface area contributed by atoms with Gasteiger partial charge in [0.1, 0.15) is 11.4 Å². The number of anilines is 2. The normalized spacial score (nSPS) is 15.6. The zero-order valence-corrected chi connectivity index (χ0v) is 16.2. The minimum atomic E-state index is -0.421. The maximum atomic E-state index is 12.0. The van der Waals surface area contributed by atoms with Crippen molar-refractivity contribution in [3.63, 3.8) is 0 Å². The van der Waals surface area contributed by atoms with Crippen molar-refractivity contribution >= 4 is 17.3 Å². The molecule has 0 aliphatic carbocycles. The Morgan fingerprint density at radius 3 is 2.38 bits per heavy atom. The summed E-state index contributed by atoms with van der Waals surface area (Å²) in [5, 5.41) is 3.15. The van der Waals surface area contributed by atoms with Gasteiger partial charge in [-0.3, -0.25) is 14.4 Å². The molecule has 1 heterocycles. The molecule has 1 saturated heterocycles. The summed E-state index contributed by atoms with van der Waals surface area (Å²) >= 11 is 0. The first-order valence-electron chi connectivity index (χ1n) is 9.74. The molecular formula is C19H31N3O4. The zero-order valence-electron chi connectivity index (χ0n) is 16.2. The van der Waals surface area contributed by atoms with E-state index in [-0.39, 0.29) is 11.9 Å². The van der Waals surface area contributed by atoms with E-state index in [2.05, 4.69) is 24.1 Å². The van der Waals surface area contributed by atoms with Gasteiger partial charge in [0.2, 0.25) is 0 Å². The molecule has 1 aliphatic heterocycles. The van der Waals surface area contributed by atoms with E-state index in [1.54, 1.807) is 6.92 Å². The maximum absolute atomic E-state index is 12.0. The first-order chi connectivity index (χ1) is 12.5. The molecule has 0 bridgehead atoms. The van der Waals surface area contributed by atoms with Gasteiger partial charge < -0.3 is 19.9 Å². The maximum Gasteiger partial charge on any atom is 0.309 e. The van der Waals surface area contributed by atoms with Crippen molar-refractivity contribution in [3.8, 4) is 0 Å². The van der Waals surface area contributed by atoms with Gasteiger partial charge in [-0.05, 0) is 45.8 Å². The molecule has 0 saturated carbocycles. The third kappa shape index (κ3) is 4.63. The van der Waals surface area contributed by atoms with Crippen molar-refractivity contribution in [2.24, 2.45) is 5.92 Å². The summed E-state index contributed by atoms with van der Waals surface area (Å²) in [5.41, 5.74) is 0.116. The van der Waals surface area contributed by atoms with Gasteiger partial charge in [-0.1, -0.05) is 13.8 Å². The molecule has 1 aliphatic rings. The van der Waals surface area contributed by atoms with E-state index < -0.39 is 10.9 Å². The monoisotopic (exact) mass is 365 g/mol. The number of carbonyl (C=O) groups is 1. The van der Waals surface area contributed by atoms with Gasteiger partial charge >= 0.3 is 5.97 Å². The van der Waals surface area contributed by atoms with E-state index in [0.717, 1.165) is 26.1 Å². The summed E-state index contributed by atoms with van der Waals surface area (Å²) in [6, 6.07) is 0. The number of nitrogens with one attached hydrogen (secondary N) is 1. The Kier molecular flexibility index (Phi) is 7.63. The Morgan fingerprint density at radius 1 is 1.15 bits per heavy atom. The first kappa shape index (κ1) is 20.4. The molecule has 0 spiro atoms. The molecule has 0 amide bonds. The van der Waals surface area contributed by atoms with Crippen molar-refractivity contribution in [2.75, 3.05) is 56.1 Å². The van der Waals surface area contributed by atoms with Crippen molar-refractivity contribution in [2.45, 2.75) is 40.0 Å². The molecule has 1 aromatic rings. The predicted molar refractivity (Wildman–Crippen MR) is 104 cm³/mol. The van der Waals surface area contributed by atoms with E-state index in [9.17, 15) is 14.4 Å². The SMILES string of the molecule is CCOC(=O)C1CCN(c2c(NCCCN(CC)CC)c(=O)c2=O)CC1. The predicted octanol–water partition coefficient (Wildman–Crippen LogP) is 1.21. The molecule has 0 unspecified atom stereocenters. The number of carbonyl (C=O) groups excluding carboxylic acids is 1. The lowest BCUT2D eigenvalue weighted by atomic mass is 9.96. The average molecular weight is 365 g/mol. The van der Waals surface area contributed by atoms with Crippen LogP contribution in [-0.4, -0.2) is 56.7 Å². The van der Waals surface area contributed by atoms with Gasteiger partial charge in [0.05, 0.1) is 12.5 Å².